The van der Waals surface area contributed by atoms with Gasteiger partial charge in [-0.2, -0.15) is 0 Å². The summed E-state index contributed by atoms with van der Waals surface area (Å²) in [5.74, 6) is 0.892. The summed E-state index contributed by atoms with van der Waals surface area (Å²) in [7, 11) is 0. The average molecular weight is 240 g/mol. The van der Waals surface area contributed by atoms with Crippen LogP contribution in [-0.4, -0.2) is 25.0 Å². The van der Waals surface area contributed by atoms with E-state index in [2.05, 4.69) is 25.6 Å². The molecule has 0 aliphatic heterocycles. The van der Waals surface area contributed by atoms with Gasteiger partial charge in [-0.15, -0.1) is 5.10 Å². The van der Waals surface area contributed by atoms with Crippen LogP contribution in [0.25, 0.3) is 5.69 Å². The highest BCUT2D eigenvalue weighted by Gasteiger charge is 2.04. The van der Waals surface area contributed by atoms with Crippen molar-refractivity contribution in [1.82, 2.24) is 25.0 Å². The Balaban J connectivity index is 1.84. The van der Waals surface area contributed by atoms with Crippen LogP contribution >= 0.6 is 0 Å². The molecular formula is C12H12N6. The molecule has 6 nitrogen and oxygen atoms in total. The molecule has 3 rings (SSSR count). The smallest absolute Gasteiger partial charge is 0.125 e. The van der Waals surface area contributed by atoms with E-state index >= 15 is 0 Å². The lowest BCUT2D eigenvalue weighted by Crippen LogP contribution is -2.05. The zero-order valence-corrected chi connectivity index (χ0v) is 9.61. The van der Waals surface area contributed by atoms with Crippen LogP contribution in [0.2, 0.25) is 0 Å². The molecule has 0 radical (unpaired) electrons. The summed E-state index contributed by atoms with van der Waals surface area (Å²) >= 11 is 0. The maximum absolute atomic E-state index is 4.17. The van der Waals surface area contributed by atoms with E-state index < -0.39 is 0 Å². The summed E-state index contributed by atoms with van der Waals surface area (Å²) in [6, 6.07) is 7.93. The van der Waals surface area contributed by atoms with Crippen molar-refractivity contribution in [2.24, 2.45) is 0 Å². The zero-order chi connectivity index (χ0) is 12.2. The maximum atomic E-state index is 4.17. The number of imidazole rings is 1. The first-order chi connectivity index (χ1) is 8.93. The van der Waals surface area contributed by atoms with Gasteiger partial charge in [0.15, 0.2) is 0 Å². The van der Waals surface area contributed by atoms with Crippen molar-refractivity contribution in [3.63, 3.8) is 0 Å². The van der Waals surface area contributed by atoms with E-state index in [1.807, 2.05) is 30.5 Å². The molecule has 2 aromatic heterocycles. The van der Waals surface area contributed by atoms with Gasteiger partial charge < -0.3 is 10.3 Å². The van der Waals surface area contributed by atoms with Gasteiger partial charge in [0, 0.05) is 12.4 Å². The van der Waals surface area contributed by atoms with E-state index in [9.17, 15) is 0 Å². The summed E-state index contributed by atoms with van der Waals surface area (Å²) in [6.07, 6.45) is 7.01. The van der Waals surface area contributed by atoms with Crippen LogP contribution in [0.3, 0.4) is 0 Å². The SMILES string of the molecule is c1ccc(-n2ccnn2)c(NCc2ncc[nH]2)c1. The molecular weight excluding hydrogens is 228 g/mol. The molecule has 0 fully saturated rings. The molecule has 0 spiro atoms. The van der Waals surface area contributed by atoms with Crippen LogP contribution in [0, 0.1) is 0 Å². The van der Waals surface area contributed by atoms with Crippen LogP contribution in [-0.2, 0) is 6.54 Å². The number of H-pyrrole nitrogens is 1. The van der Waals surface area contributed by atoms with Gasteiger partial charge >= 0.3 is 0 Å². The van der Waals surface area contributed by atoms with Gasteiger partial charge in [0.1, 0.15) is 5.82 Å². The first-order valence-electron chi connectivity index (χ1n) is 5.61. The minimum atomic E-state index is 0.638. The predicted octanol–water partition coefficient (Wildman–Crippen LogP) is 1.60. The second-order valence-corrected chi connectivity index (χ2v) is 3.75. The number of para-hydroxylation sites is 2. The van der Waals surface area contributed by atoms with Crippen LogP contribution in [0.5, 0.6) is 0 Å². The number of rotatable bonds is 4. The number of nitrogens with one attached hydrogen (secondary N) is 2. The van der Waals surface area contributed by atoms with Crippen LogP contribution in [0.1, 0.15) is 5.82 Å². The number of hydrogen-bond acceptors (Lipinski definition) is 4. The summed E-state index contributed by atoms with van der Waals surface area (Å²) < 4.78 is 1.73. The van der Waals surface area contributed by atoms with Crippen molar-refractivity contribution < 1.29 is 0 Å². The fourth-order valence-corrected chi connectivity index (χ4v) is 1.73. The molecule has 0 saturated heterocycles. The number of aromatic amines is 1. The van der Waals surface area contributed by atoms with Crippen molar-refractivity contribution in [3.05, 3.63) is 54.9 Å². The van der Waals surface area contributed by atoms with Crippen molar-refractivity contribution in [3.8, 4) is 5.69 Å². The number of hydrogen-bond donors (Lipinski definition) is 2. The Morgan fingerprint density at radius 1 is 1.22 bits per heavy atom. The predicted molar refractivity (Wildman–Crippen MR) is 67.3 cm³/mol. The van der Waals surface area contributed by atoms with Crippen LogP contribution in [0.15, 0.2) is 49.1 Å². The molecule has 0 aliphatic carbocycles. The van der Waals surface area contributed by atoms with Crippen LogP contribution in [0.4, 0.5) is 5.69 Å². The molecule has 3 aromatic rings. The lowest BCUT2D eigenvalue weighted by Gasteiger charge is -2.10. The van der Waals surface area contributed by atoms with Crippen LogP contribution < -0.4 is 5.32 Å². The Bertz CT molecular complexity index is 599. The Morgan fingerprint density at radius 2 is 2.17 bits per heavy atom. The van der Waals surface area contributed by atoms with Crippen molar-refractivity contribution >= 4 is 5.69 Å². The van der Waals surface area contributed by atoms with Crippen molar-refractivity contribution in [2.75, 3.05) is 5.32 Å². The Hall–Kier alpha value is -2.63. The highest BCUT2D eigenvalue weighted by atomic mass is 15.4. The quantitative estimate of drug-likeness (QED) is 0.726. The molecule has 0 saturated carbocycles. The molecule has 0 unspecified atom stereocenters. The van der Waals surface area contributed by atoms with Crippen molar-refractivity contribution in [2.45, 2.75) is 6.54 Å². The molecule has 2 heterocycles. The summed E-state index contributed by atoms with van der Waals surface area (Å²) in [4.78, 5) is 7.22. The molecule has 0 aliphatic rings. The van der Waals surface area contributed by atoms with Crippen molar-refractivity contribution in [1.29, 1.82) is 0 Å². The van der Waals surface area contributed by atoms with Gasteiger partial charge in [-0.3, -0.25) is 0 Å². The Morgan fingerprint density at radius 3 is 2.94 bits per heavy atom. The fourth-order valence-electron chi connectivity index (χ4n) is 1.73. The standard InChI is InChI=1S/C12H12N6/c1-2-4-11(18-8-7-16-17-18)10(3-1)15-9-12-13-5-6-14-12/h1-8,15H,9H2,(H,13,14). The Labute approximate surface area is 104 Å². The molecule has 0 atom stereocenters. The summed E-state index contributed by atoms with van der Waals surface area (Å²) in [5.41, 5.74) is 1.95. The highest BCUT2D eigenvalue weighted by Crippen LogP contribution is 2.18. The average Bonchev–Trinajstić information content (AvgIpc) is 3.10. The lowest BCUT2D eigenvalue weighted by atomic mass is 10.2. The number of aromatic nitrogens is 5. The topological polar surface area (TPSA) is 71.4 Å². The van der Waals surface area contributed by atoms with E-state index in [4.69, 9.17) is 0 Å². The molecule has 18 heavy (non-hydrogen) atoms. The van der Waals surface area contributed by atoms with E-state index in [1.54, 1.807) is 23.3 Å². The van der Waals surface area contributed by atoms with Gasteiger partial charge in [0.2, 0.25) is 0 Å². The minimum Gasteiger partial charge on any atom is -0.376 e. The highest BCUT2D eigenvalue weighted by molar-refractivity contribution is 5.60. The van der Waals surface area contributed by atoms with Gasteiger partial charge in [0.05, 0.1) is 30.3 Å². The summed E-state index contributed by atoms with van der Waals surface area (Å²) in [6.45, 7) is 0.638. The second kappa shape index (κ2) is 4.70. The third-order valence-corrected chi connectivity index (χ3v) is 2.57. The second-order valence-electron chi connectivity index (χ2n) is 3.75. The molecule has 6 heteroatoms. The van der Waals surface area contributed by atoms with E-state index in [-0.39, 0.29) is 0 Å². The normalized spacial score (nSPS) is 10.4. The maximum Gasteiger partial charge on any atom is 0.125 e. The molecule has 0 bridgehead atoms. The largest absolute Gasteiger partial charge is 0.376 e. The first kappa shape index (κ1) is 10.5. The third kappa shape index (κ3) is 2.08. The first-order valence-corrected chi connectivity index (χ1v) is 5.61. The number of anilines is 1. The summed E-state index contributed by atoms with van der Waals surface area (Å²) in [5, 5.41) is 11.1. The molecule has 0 amide bonds. The van der Waals surface area contributed by atoms with E-state index in [0.29, 0.717) is 6.54 Å². The van der Waals surface area contributed by atoms with Gasteiger partial charge in [-0.1, -0.05) is 17.3 Å². The molecule has 1 aromatic carbocycles. The Kier molecular flexibility index (Phi) is 2.75. The van der Waals surface area contributed by atoms with Gasteiger partial charge in [0.25, 0.3) is 0 Å². The fraction of sp³-hybridized carbons (Fsp3) is 0.0833. The monoisotopic (exact) mass is 240 g/mol. The van der Waals surface area contributed by atoms with Gasteiger partial charge in [-0.05, 0) is 12.1 Å². The van der Waals surface area contributed by atoms with E-state index in [0.717, 1.165) is 17.2 Å². The number of nitrogens with zero attached hydrogens (tertiary/aromatic N) is 4. The zero-order valence-electron chi connectivity index (χ0n) is 9.61. The third-order valence-electron chi connectivity index (χ3n) is 2.57. The van der Waals surface area contributed by atoms with E-state index in [1.165, 1.54) is 0 Å². The minimum absolute atomic E-state index is 0.638. The molecule has 2 N–H and O–H groups in total. The van der Waals surface area contributed by atoms with Gasteiger partial charge in [-0.25, -0.2) is 9.67 Å². The number of benzene rings is 1. The molecule has 90 valence electrons. The lowest BCUT2D eigenvalue weighted by molar-refractivity contribution is 0.802.